The molecule has 2 aromatic carbocycles. The van der Waals surface area contributed by atoms with E-state index in [-0.39, 0.29) is 31.4 Å². The maximum absolute atomic E-state index is 12.3. The number of phenols is 1. The number of β-amino-alcohol motifs (C(OH)–C–C–N with tert-alkyl or cyclic N) is 1. The molecular formula is C21H24N2O5. The number of rotatable bonds is 5. The van der Waals surface area contributed by atoms with Crippen LogP contribution in [0, 0.1) is 0 Å². The van der Waals surface area contributed by atoms with Gasteiger partial charge in [0.05, 0.1) is 12.1 Å². The first-order valence-electron chi connectivity index (χ1n) is 9.20. The Hall–Kier alpha value is -3.06. The first kappa shape index (κ1) is 19.7. The summed E-state index contributed by atoms with van der Waals surface area (Å²) in [5.41, 5.74) is 0.0666. The third-order valence-electron chi connectivity index (χ3n) is 4.73. The van der Waals surface area contributed by atoms with Crippen molar-refractivity contribution in [2.75, 3.05) is 19.6 Å². The molecule has 3 rings (SSSR count). The second-order valence-corrected chi connectivity index (χ2v) is 7.02. The van der Waals surface area contributed by atoms with Gasteiger partial charge >= 0.3 is 6.09 Å². The number of hydrogen-bond acceptors (Lipinski definition) is 5. The number of carbonyl (C=O) groups excluding carboxylic acids is 2. The molecule has 1 fully saturated rings. The average Bonchev–Trinajstić information content (AvgIpc) is 2.71. The molecule has 0 radical (unpaired) electrons. The number of aromatic hydroxyl groups is 1. The SMILES string of the molecule is O=C(NCC1(O)CCCN(C(=O)OCc2ccccc2)C1)c1ccc(O)cc1. The molecule has 1 unspecified atom stereocenters. The van der Waals surface area contributed by atoms with Crippen LogP contribution in [0.1, 0.15) is 28.8 Å². The van der Waals surface area contributed by atoms with Gasteiger partial charge in [0, 0.05) is 18.7 Å². The molecule has 2 aromatic rings. The summed E-state index contributed by atoms with van der Waals surface area (Å²) in [6, 6.07) is 15.2. The summed E-state index contributed by atoms with van der Waals surface area (Å²) in [6.07, 6.45) is 0.615. The van der Waals surface area contributed by atoms with E-state index in [1.54, 1.807) is 0 Å². The fraction of sp³-hybridized carbons (Fsp3) is 0.333. The number of carbonyl (C=O) groups is 2. The normalized spacial score (nSPS) is 19.1. The molecule has 1 aliphatic heterocycles. The lowest BCUT2D eigenvalue weighted by molar-refractivity contribution is -0.0282. The van der Waals surface area contributed by atoms with Crippen LogP contribution in [0.25, 0.3) is 0 Å². The van der Waals surface area contributed by atoms with Crippen LogP contribution < -0.4 is 5.32 Å². The molecule has 148 valence electrons. The number of piperidine rings is 1. The van der Waals surface area contributed by atoms with Gasteiger partial charge in [-0.05, 0) is 42.7 Å². The summed E-state index contributed by atoms with van der Waals surface area (Å²) < 4.78 is 5.33. The van der Waals surface area contributed by atoms with Gasteiger partial charge in [-0.2, -0.15) is 0 Å². The molecule has 7 nitrogen and oxygen atoms in total. The molecule has 7 heteroatoms. The van der Waals surface area contributed by atoms with E-state index in [1.165, 1.54) is 29.2 Å². The third-order valence-corrected chi connectivity index (χ3v) is 4.73. The lowest BCUT2D eigenvalue weighted by Crippen LogP contribution is -2.55. The highest BCUT2D eigenvalue weighted by Gasteiger charge is 2.36. The van der Waals surface area contributed by atoms with Gasteiger partial charge in [-0.15, -0.1) is 0 Å². The van der Waals surface area contributed by atoms with Gasteiger partial charge in [-0.25, -0.2) is 4.79 Å². The number of hydrogen-bond donors (Lipinski definition) is 3. The summed E-state index contributed by atoms with van der Waals surface area (Å²) in [4.78, 5) is 26.0. The van der Waals surface area contributed by atoms with E-state index >= 15 is 0 Å². The van der Waals surface area contributed by atoms with Crippen LogP contribution in [0.4, 0.5) is 4.79 Å². The lowest BCUT2D eigenvalue weighted by Gasteiger charge is -2.38. The molecule has 0 aliphatic carbocycles. The smallest absolute Gasteiger partial charge is 0.410 e. The molecule has 1 aliphatic rings. The van der Waals surface area contributed by atoms with Crippen LogP contribution >= 0.6 is 0 Å². The van der Waals surface area contributed by atoms with Gasteiger partial charge in [-0.1, -0.05) is 30.3 Å². The van der Waals surface area contributed by atoms with E-state index in [2.05, 4.69) is 5.32 Å². The summed E-state index contributed by atoms with van der Waals surface area (Å²) in [6.45, 7) is 0.791. The van der Waals surface area contributed by atoms with Crippen LogP contribution in [-0.4, -0.2) is 52.3 Å². The van der Waals surface area contributed by atoms with Crippen molar-refractivity contribution in [3.05, 3.63) is 65.7 Å². The van der Waals surface area contributed by atoms with E-state index in [0.717, 1.165) is 5.56 Å². The van der Waals surface area contributed by atoms with E-state index in [1.807, 2.05) is 30.3 Å². The van der Waals surface area contributed by atoms with Gasteiger partial charge in [0.1, 0.15) is 12.4 Å². The van der Waals surface area contributed by atoms with Crippen molar-refractivity contribution in [2.24, 2.45) is 0 Å². The molecule has 0 spiro atoms. The Labute approximate surface area is 163 Å². The monoisotopic (exact) mass is 384 g/mol. The van der Waals surface area contributed by atoms with Crippen molar-refractivity contribution in [2.45, 2.75) is 25.0 Å². The van der Waals surface area contributed by atoms with Gasteiger partial charge in [-0.3, -0.25) is 4.79 Å². The number of benzene rings is 2. The summed E-state index contributed by atoms with van der Waals surface area (Å²) in [7, 11) is 0. The summed E-state index contributed by atoms with van der Waals surface area (Å²) in [5.74, 6) is -0.274. The number of likely N-dealkylation sites (tertiary alicyclic amines) is 1. The lowest BCUT2D eigenvalue weighted by atomic mass is 9.93. The van der Waals surface area contributed by atoms with Crippen LogP contribution in [0.3, 0.4) is 0 Å². The standard InChI is InChI=1S/C21H24N2O5/c24-18-9-7-17(8-10-18)19(25)22-14-21(27)11-4-12-23(15-21)20(26)28-13-16-5-2-1-3-6-16/h1-3,5-10,24,27H,4,11-15H2,(H,22,25). The van der Waals surface area contributed by atoms with Crippen LogP contribution in [0.2, 0.25) is 0 Å². The maximum Gasteiger partial charge on any atom is 0.410 e. The molecule has 0 aromatic heterocycles. The predicted molar refractivity (Wildman–Crippen MR) is 103 cm³/mol. The molecule has 1 heterocycles. The van der Waals surface area contributed by atoms with Crippen LogP contribution in [0.5, 0.6) is 5.75 Å². The van der Waals surface area contributed by atoms with Crippen molar-refractivity contribution < 1.29 is 24.5 Å². The fourth-order valence-electron chi connectivity index (χ4n) is 3.18. The predicted octanol–water partition coefficient (Wildman–Crippen LogP) is 2.29. The molecule has 3 N–H and O–H groups in total. The minimum atomic E-state index is -1.21. The van der Waals surface area contributed by atoms with Crippen LogP contribution in [-0.2, 0) is 11.3 Å². The Bertz CT molecular complexity index is 809. The van der Waals surface area contributed by atoms with Gasteiger partial charge < -0.3 is 25.2 Å². The minimum absolute atomic E-state index is 0.0230. The Kier molecular flexibility index (Phi) is 6.16. The van der Waals surface area contributed by atoms with Gasteiger partial charge in [0.25, 0.3) is 5.91 Å². The molecule has 0 saturated carbocycles. The van der Waals surface area contributed by atoms with Crippen molar-refractivity contribution in [1.29, 1.82) is 0 Å². The molecule has 1 atom stereocenters. The number of nitrogens with zero attached hydrogens (tertiary/aromatic N) is 1. The fourth-order valence-corrected chi connectivity index (χ4v) is 3.18. The molecular weight excluding hydrogens is 360 g/mol. The quantitative estimate of drug-likeness (QED) is 0.735. The Morgan fingerprint density at radius 3 is 2.54 bits per heavy atom. The number of ether oxygens (including phenoxy) is 1. The molecule has 2 amide bonds. The average molecular weight is 384 g/mol. The van der Waals surface area contributed by atoms with E-state index < -0.39 is 11.7 Å². The Morgan fingerprint density at radius 1 is 1.11 bits per heavy atom. The second-order valence-electron chi connectivity index (χ2n) is 7.02. The van der Waals surface area contributed by atoms with Gasteiger partial charge in [0.2, 0.25) is 0 Å². The summed E-state index contributed by atoms with van der Waals surface area (Å²) in [5, 5.41) is 22.8. The highest BCUT2D eigenvalue weighted by Crippen LogP contribution is 2.22. The number of aliphatic hydroxyl groups is 1. The van der Waals surface area contributed by atoms with E-state index in [9.17, 15) is 19.8 Å². The van der Waals surface area contributed by atoms with Crippen molar-refractivity contribution >= 4 is 12.0 Å². The Morgan fingerprint density at radius 2 is 1.82 bits per heavy atom. The zero-order valence-electron chi connectivity index (χ0n) is 15.5. The number of nitrogens with one attached hydrogen (secondary N) is 1. The maximum atomic E-state index is 12.3. The molecule has 28 heavy (non-hydrogen) atoms. The Balaban J connectivity index is 1.51. The molecule has 0 bridgehead atoms. The zero-order valence-corrected chi connectivity index (χ0v) is 15.5. The van der Waals surface area contributed by atoms with E-state index in [0.29, 0.717) is 24.9 Å². The van der Waals surface area contributed by atoms with Gasteiger partial charge in [0.15, 0.2) is 0 Å². The van der Waals surface area contributed by atoms with Crippen molar-refractivity contribution in [3.63, 3.8) is 0 Å². The van der Waals surface area contributed by atoms with Crippen molar-refractivity contribution in [1.82, 2.24) is 10.2 Å². The highest BCUT2D eigenvalue weighted by molar-refractivity contribution is 5.94. The minimum Gasteiger partial charge on any atom is -0.508 e. The topological polar surface area (TPSA) is 99.1 Å². The van der Waals surface area contributed by atoms with E-state index in [4.69, 9.17) is 4.74 Å². The highest BCUT2D eigenvalue weighted by atomic mass is 16.6. The first-order chi connectivity index (χ1) is 13.5. The number of amides is 2. The van der Waals surface area contributed by atoms with Crippen molar-refractivity contribution in [3.8, 4) is 5.75 Å². The number of phenolic OH excluding ortho intramolecular Hbond substituents is 1. The largest absolute Gasteiger partial charge is 0.508 e. The molecule has 1 saturated heterocycles. The zero-order chi connectivity index (χ0) is 20.0. The second kappa shape index (κ2) is 8.75. The van der Waals surface area contributed by atoms with Crippen LogP contribution in [0.15, 0.2) is 54.6 Å². The first-order valence-corrected chi connectivity index (χ1v) is 9.20. The third kappa shape index (κ3) is 5.23. The summed E-state index contributed by atoms with van der Waals surface area (Å²) >= 11 is 0.